The van der Waals surface area contributed by atoms with E-state index in [1.54, 1.807) is 31.5 Å². The molecule has 0 atom stereocenters. The number of carbonyl (C=O) groups excluding carboxylic acids is 2. The van der Waals surface area contributed by atoms with Gasteiger partial charge in [0, 0.05) is 16.8 Å². The van der Waals surface area contributed by atoms with Gasteiger partial charge in [-0.25, -0.2) is 5.43 Å². The summed E-state index contributed by atoms with van der Waals surface area (Å²) in [5.74, 6) is -0.406. The van der Waals surface area contributed by atoms with Gasteiger partial charge in [0.25, 0.3) is 0 Å². The minimum Gasteiger partial charge on any atom is -0.324 e. The van der Waals surface area contributed by atoms with Gasteiger partial charge in [0.2, 0.25) is 11.8 Å². The molecule has 0 aromatic carbocycles. The Hall–Kier alpha value is -2.54. The first-order valence-electron chi connectivity index (χ1n) is 6.68. The summed E-state index contributed by atoms with van der Waals surface area (Å²) in [7, 11) is 0. The maximum absolute atomic E-state index is 11.8. The third-order valence-corrected chi connectivity index (χ3v) is 3.52. The monoisotopic (exact) mass is 316 g/mol. The number of aromatic nitrogens is 1. The zero-order chi connectivity index (χ0) is 15.8. The van der Waals surface area contributed by atoms with Crippen LogP contribution in [0.4, 0.5) is 5.69 Å². The van der Waals surface area contributed by atoms with Gasteiger partial charge >= 0.3 is 0 Å². The first-order chi connectivity index (χ1) is 10.6. The van der Waals surface area contributed by atoms with Crippen LogP contribution in [0.3, 0.4) is 0 Å². The molecule has 2 aromatic heterocycles. The molecule has 0 unspecified atom stereocenters. The number of hydrogen-bond donors (Lipinski definition) is 2. The van der Waals surface area contributed by atoms with Crippen molar-refractivity contribution in [3.8, 4) is 0 Å². The van der Waals surface area contributed by atoms with E-state index in [0.29, 0.717) is 11.4 Å². The normalized spacial score (nSPS) is 11.0. The summed E-state index contributed by atoms with van der Waals surface area (Å²) in [6.07, 6.45) is 3.59. The average Bonchev–Trinajstić information content (AvgIpc) is 2.99. The highest BCUT2D eigenvalue weighted by molar-refractivity contribution is 7.10. The molecule has 6 nitrogen and oxygen atoms in total. The molecule has 0 aliphatic rings. The first kappa shape index (κ1) is 15.8. The number of anilines is 1. The molecule has 7 heteroatoms. The zero-order valence-electron chi connectivity index (χ0n) is 12.1. The Morgan fingerprint density at radius 3 is 2.82 bits per heavy atom. The first-order valence-corrected chi connectivity index (χ1v) is 7.55. The second-order valence-corrected chi connectivity index (χ2v) is 5.64. The van der Waals surface area contributed by atoms with Gasteiger partial charge in [0.15, 0.2) is 0 Å². The third-order valence-electron chi connectivity index (χ3n) is 2.65. The summed E-state index contributed by atoms with van der Waals surface area (Å²) >= 11 is 1.52. The Balaban J connectivity index is 1.77. The molecule has 0 aliphatic heterocycles. The van der Waals surface area contributed by atoms with Crippen molar-refractivity contribution in [1.29, 1.82) is 0 Å². The van der Waals surface area contributed by atoms with Crippen molar-refractivity contribution in [3.63, 3.8) is 0 Å². The summed E-state index contributed by atoms with van der Waals surface area (Å²) in [5.41, 5.74) is 3.61. The maximum Gasteiger partial charge on any atom is 0.245 e. The molecule has 22 heavy (non-hydrogen) atoms. The van der Waals surface area contributed by atoms with Crippen LogP contribution in [0.25, 0.3) is 0 Å². The molecular formula is C15H16N4O2S. The molecule has 2 amide bonds. The standard InChI is InChI=1S/C15H16N4O2S/c1-11(8-14(20)17-12-4-2-6-16-10-12)18-19-15(21)9-13-5-3-7-22-13/h2-7,10H,8-9H2,1H3,(H,17,20)(H,19,21). The summed E-state index contributed by atoms with van der Waals surface area (Å²) in [6, 6.07) is 7.27. The van der Waals surface area contributed by atoms with E-state index in [4.69, 9.17) is 0 Å². The van der Waals surface area contributed by atoms with Gasteiger partial charge in [-0.15, -0.1) is 11.3 Å². The molecule has 2 heterocycles. The van der Waals surface area contributed by atoms with Gasteiger partial charge in [0.05, 0.1) is 24.7 Å². The van der Waals surface area contributed by atoms with E-state index >= 15 is 0 Å². The molecule has 0 saturated heterocycles. The van der Waals surface area contributed by atoms with Gasteiger partial charge in [-0.2, -0.15) is 5.10 Å². The third kappa shape index (κ3) is 5.45. The number of nitrogens with zero attached hydrogens (tertiary/aromatic N) is 2. The lowest BCUT2D eigenvalue weighted by molar-refractivity contribution is -0.120. The Bertz CT molecular complexity index is 653. The van der Waals surface area contributed by atoms with Crippen LogP contribution in [0.15, 0.2) is 47.1 Å². The Morgan fingerprint density at radius 1 is 1.27 bits per heavy atom. The Kier molecular flexibility index (Phi) is 5.79. The van der Waals surface area contributed by atoms with Crippen LogP contribution in [0.5, 0.6) is 0 Å². The minimum atomic E-state index is -0.207. The van der Waals surface area contributed by atoms with Crippen LogP contribution in [0.1, 0.15) is 18.2 Å². The number of thiophene rings is 1. The molecule has 2 aromatic rings. The number of hydrogen-bond acceptors (Lipinski definition) is 5. The number of pyridine rings is 1. The Morgan fingerprint density at radius 2 is 2.14 bits per heavy atom. The Labute approximate surface area is 132 Å². The number of nitrogens with one attached hydrogen (secondary N) is 2. The van der Waals surface area contributed by atoms with E-state index in [9.17, 15) is 9.59 Å². The lowest BCUT2D eigenvalue weighted by Gasteiger charge is -2.04. The predicted octanol–water partition coefficient (Wildman–Crippen LogP) is 2.21. The molecule has 0 saturated carbocycles. The highest BCUT2D eigenvalue weighted by atomic mass is 32.1. The molecule has 0 spiro atoms. The van der Waals surface area contributed by atoms with Gasteiger partial charge in [-0.05, 0) is 30.5 Å². The van der Waals surface area contributed by atoms with Gasteiger partial charge in [0.1, 0.15) is 0 Å². The van der Waals surface area contributed by atoms with E-state index in [-0.39, 0.29) is 24.7 Å². The van der Waals surface area contributed by atoms with Crippen molar-refractivity contribution in [2.45, 2.75) is 19.8 Å². The predicted molar refractivity (Wildman–Crippen MR) is 86.8 cm³/mol. The molecule has 0 bridgehead atoms. The quantitative estimate of drug-likeness (QED) is 0.633. The lowest BCUT2D eigenvalue weighted by atomic mass is 10.3. The zero-order valence-corrected chi connectivity index (χ0v) is 12.9. The molecule has 2 rings (SSSR count). The van der Waals surface area contributed by atoms with Crippen LogP contribution in [0, 0.1) is 0 Å². The highest BCUT2D eigenvalue weighted by Crippen LogP contribution is 2.08. The number of amides is 2. The largest absolute Gasteiger partial charge is 0.324 e. The molecule has 2 N–H and O–H groups in total. The van der Waals surface area contributed by atoms with E-state index < -0.39 is 0 Å². The van der Waals surface area contributed by atoms with Crippen LogP contribution < -0.4 is 10.7 Å². The van der Waals surface area contributed by atoms with Gasteiger partial charge in [-0.3, -0.25) is 14.6 Å². The second-order valence-electron chi connectivity index (χ2n) is 4.60. The van der Waals surface area contributed by atoms with Crippen molar-refractivity contribution in [2.75, 3.05) is 5.32 Å². The summed E-state index contributed by atoms with van der Waals surface area (Å²) < 4.78 is 0. The van der Waals surface area contributed by atoms with E-state index in [1.165, 1.54) is 11.3 Å². The molecule has 0 radical (unpaired) electrons. The SMILES string of the molecule is CC(CC(=O)Nc1cccnc1)=NNC(=O)Cc1cccs1. The summed E-state index contributed by atoms with van der Waals surface area (Å²) in [4.78, 5) is 28.3. The average molecular weight is 316 g/mol. The fraction of sp³-hybridized carbons (Fsp3) is 0.200. The molecular weight excluding hydrogens is 300 g/mol. The molecule has 0 aliphatic carbocycles. The maximum atomic E-state index is 11.8. The number of hydrazone groups is 1. The van der Waals surface area contributed by atoms with Crippen LogP contribution in [-0.4, -0.2) is 22.5 Å². The summed E-state index contributed by atoms with van der Waals surface area (Å²) in [6.45, 7) is 1.69. The summed E-state index contributed by atoms with van der Waals surface area (Å²) in [5, 5.41) is 8.55. The van der Waals surface area contributed by atoms with Crippen LogP contribution >= 0.6 is 11.3 Å². The van der Waals surface area contributed by atoms with E-state index in [0.717, 1.165) is 4.88 Å². The fourth-order valence-electron chi connectivity index (χ4n) is 1.68. The van der Waals surface area contributed by atoms with Gasteiger partial charge < -0.3 is 5.32 Å². The lowest BCUT2D eigenvalue weighted by Crippen LogP contribution is -2.22. The van der Waals surface area contributed by atoms with E-state index in [2.05, 4.69) is 20.8 Å². The molecule has 0 fully saturated rings. The fourth-order valence-corrected chi connectivity index (χ4v) is 2.39. The van der Waals surface area contributed by atoms with E-state index in [1.807, 2.05) is 17.5 Å². The van der Waals surface area contributed by atoms with Crippen molar-refractivity contribution >= 4 is 34.6 Å². The van der Waals surface area contributed by atoms with Crippen LogP contribution in [0.2, 0.25) is 0 Å². The topological polar surface area (TPSA) is 83.4 Å². The number of rotatable bonds is 6. The minimum absolute atomic E-state index is 0.105. The van der Waals surface area contributed by atoms with Crippen molar-refractivity contribution in [1.82, 2.24) is 10.4 Å². The second kappa shape index (κ2) is 8.04. The van der Waals surface area contributed by atoms with Crippen molar-refractivity contribution in [3.05, 3.63) is 46.9 Å². The molecule has 114 valence electrons. The highest BCUT2D eigenvalue weighted by Gasteiger charge is 2.06. The van der Waals surface area contributed by atoms with Gasteiger partial charge in [-0.1, -0.05) is 6.07 Å². The van der Waals surface area contributed by atoms with Crippen molar-refractivity contribution in [2.24, 2.45) is 5.10 Å². The number of carbonyl (C=O) groups is 2. The van der Waals surface area contributed by atoms with Crippen molar-refractivity contribution < 1.29 is 9.59 Å². The van der Waals surface area contributed by atoms with Crippen LogP contribution in [-0.2, 0) is 16.0 Å². The smallest absolute Gasteiger partial charge is 0.245 e.